The van der Waals surface area contributed by atoms with Gasteiger partial charge in [0.1, 0.15) is 17.9 Å². The minimum absolute atomic E-state index is 0.0336. The highest BCUT2D eigenvalue weighted by Gasteiger charge is 2.32. The van der Waals surface area contributed by atoms with Gasteiger partial charge in [-0.15, -0.1) is 0 Å². The highest BCUT2D eigenvalue weighted by atomic mass is 16.6. The van der Waals surface area contributed by atoms with Gasteiger partial charge in [-0.1, -0.05) is 0 Å². The third kappa shape index (κ3) is 3.42. The maximum atomic E-state index is 12.1. The molecule has 5 heteroatoms. The fourth-order valence-electron chi connectivity index (χ4n) is 2.32. The minimum atomic E-state index is -0.421. The number of nitrogens with two attached hydrogens (primary N) is 1. The molecule has 0 aliphatic carbocycles. The predicted molar refractivity (Wildman–Crippen MR) is 75.9 cm³/mol. The minimum Gasteiger partial charge on any atom is -0.496 e. The first-order valence-corrected chi connectivity index (χ1v) is 6.70. The summed E-state index contributed by atoms with van der Waals surface area (Å²) in [5, 5.41) is 0. The van der Waals surface area contributed by atoms with Crippen LogP contribution >= 0.6 is 0 Å². The summed E-state index contributed by atoms with van der Waals surface area (Å²) in [4.78, 5) is 12.1. The first-order valence-electron chi connectivity index (χ1n) is 6.70. The lowest BCUT2D eigenvalue weighted by atomic mass is 10.1. The average molecular weight is 279 g/mol. The van der Waals surface area contributed by atoms with Crippen molar-refractivity contribution < 1.29 is 19.0 Å². The summed E-state index contributed by atoms with van der Waals surface area (Å²) >= 11 is 0. The smallest absolute Gasteiger partial charge is 0.342 e. The molecule has 1 heterocycles. The van der Waals surface area contributed by atoms with Gasteiger partial charge in [-0.25, -0.2) is 4.79 Å². The van der Waals surface area contributed by atoms with Crippen molar-refractivity contribution in [3.8, 4) is 5.75 Å². The van der Waals surface area contributed by atoms with Gasteiger partial charge in [0.15, 0.2) is 0 Å². The molecule has 0 amide bonds. The van der Waals surface area contributed by atoms with E-state index in [-0.39, 0.29) is 18.3 Å². The van der Waals surface area contributed by atoms with Crippen LogP contribution in [0.4, 0.5) is 5.69 Å². The molecule has 0 aromatic heterocycles. The van der Waals surface area contributed by atoms with Gasteiger partial charge >= 0.3 is 5.97 Å². The van der Waals surface area contributed by atoms with Gasteiger partial charge in [-0.2, -0.15) is 0 Å². The Morgan fingerprint density at radius 1 is 1.50 bits per heavy atom. The molecule has 1 aromatic rings. The molecule has 1 fully saturated rings. The molecule has 2 N–H and O–H groups in total. The molecule has 5 nitrogen and oxygen atoms in total. The number of esters is 1. The lowest BCUT2D eigenvalue weighted by Gasteiger charge is -2.19. The van der Waals surface area contributed by atoms with E-state index in [4.69, 9.17) is 19.9 Å². The van der Waals surface area contributed by atoms with E-state index in [0.29, 0.717) is 17.0 Å². The van der Waals surface area contributed by atoms with E-state index in [9.17, 15) is 4.79 Å². The molecule has 110 valence electrons. The molecular weight excluding hydrogens is 258 g/mol. The number of nitrogen functional groups attached to an aromatic ring is 1. The van der Waals surface area contributed by atoms with Crippen LogP contribution in [0.25, 0.3) is 0 Å². The molecule has 1 aromatic carbocycles. The van der Waals surface area contributed by atoms with Crippen LogP contribution in [-0.2, 0) is 9.47 Å². The summed E-state index contributed by atoms with van der Waals surface area (Å²) in [7, 11) is 1.49. The Bertz CT molecular complexity index is 499. The second kappa shape index (κ2) is 5.71. The molecular formula is C15H21NO4. The molecule has 0 bridgehead atoms. The zero-order valence-corrected chi connectivity index (χ0v) is 12.1. The SMILES string of the molecule is COc1cc(N)ccc1C(=O)OCC1CCC(C)(C)O1. The zero-order chi connectivity index (χ0) is 14.8. The van der Waals surface area contributed by atoms with Gasteiger partial charge in [-0.3, -0.25) is 0 Å². The molecule has 1 saturated heterocycles. The van der Waals surface area contributed by atoms with Crippen LogP contribution in [0.3, 0.4) is 0 Å². The number of carbonyl (C=O) groups excluding carboxylic acids is 1. The summed E-state index contributed by atoms with van der Waals surface area (Å²) in [5.41, 5.74) is 6.44. The zero-order valence-electron chi connectivity index (χ0n) is 12.1. The van der Waals surface area contributed by atoms with Crippen molar-refractivity contribution in [3.63, 3.8) is 0 Å². The van der Waals surface area contributed by atoms with E-state index in [1.165, 1.54) is 7.11 Å². The van der Waals surface area contributed by atoms with Gasteiger partial charge in [-0.05, 0) is 38.8 Å². The first kappa shape index (κ1) is 14.7. The predicted octanol–water partition coefficient (Wildman–Crippen LogP) is 2.39. The summed E-state index contributed by atoms with van der Waals surface area (Å²) in [5.74, 6) is -0.00201. The molecule has 1 aliphatic rings. The molecule has 2 rings (SSSR count). The Hall–Kier alpha value is -1.75. The van der Waals surface area contributed by atoms with Crippen LogP contribution in [0, 0.1) is 0 Å². The van der Waals surface area contributed by atoms with Gasteiger partial charge in [0.25, 0.3) is 0 Å². The van der Waals surface area contributed by atoms with E-state index >= 15 is 0 Å². The van der Waals surface area contributed by atoms with Crippen molar-refractivity contribution in [3.05, 3.63) is 23.8 Å². The Labute approximate surface area is 119 Å². The molecule has 0 spiro atoms. The van der Waals surface area contributed by atoms with Gasteiger partial charge in [0.05, 0.1) is 18.8 Å². The number of hydrogen-bond acceptors (Lipinski definition) is 5. The van der Waals surface area contributed by atoms with Crippen LogP contribution < -0.4 is 10.5 Å². The number of hydrogen-bond donors (Lipinski definition) is 1. The van der Waals surface area contributed by atoms with E-state index in [2.05, 4.69) is 0 Å². The van der Waals surface area contributed by atoms with Crippen molar-refractivity contribution >= 4 is 11.7 Å². The van der Waals surface area contributed by atoms with E-state index in [0.717, 1.165) is 12.8 Å². The molecule has 1 atom stereocenters. The van der Waals surface area contributed by atoms with Crippen LogP contribution in [0.2, 0.25) is 0 Å². The van der Waals surface area contributed by atoms with Crippen LogP contribution in [0.15, 0.2) is 18.2 Å². The van der Waals surface area contributed by atoms with Gasteiger partial charge < -0.3 is 19.9 Å². The standard InChI is InChI=1S/C15H21NO4/c1-15(2)7-6-11(20-15)9-19-14(17)12-5-4-10(16)8-13(12)18-3/h4-5,8,11H,6-7,9,16H2,1-3H3. The molecule has 0 saturated carbocycles. The summed E-state index contributed by atoms with van der Waals surface area (Å²) < 4.78 is 16.2. The van der Waals surface area contributed by atoms with Crippen LogP contribution in [0.5, 0.6) is 5.75 Å². The monoisotopic (exact) mass is 279 g/mol. The molecule has 1 aliphatic heterocycles. The Balaban J connectivity index is 1.96. The maximum absolute atomic E-state index is 12.1. The Morgan fingerprint density at radius 3 is 2.85 bits per heavy atom. The number of carbonyl (C=O) groups is 1. The fraction of sp³-hybridized carbons (Fsp3) is 0.533. The lowest BCUT2D eigenvalue weighted by Crippen LogP contribution is -2.24. The van der Waals surface area contributed by atoms with Gasteiger partial charge in [0.2, 0.25) is 0 Å². The lowest BCUT2D eigenvalue weighted by molar-refractivity contribution is -0.0445. The second-order valence-electron chi connectivity index (χ2n) is 5.60. The van der Waals surface area contributed by atoms with Crippen molar-refractivity contribution in [1.29, 1.82) is 0 Å². The third-order valence-electron chi connectivity index (χ3n) is 3.40. The number of methoxy groups -OCH3 is 1. The Kier molecular flexibility index (Phi) is 4.18. The normalized spacial score (nSPS) is 20.6. The van der Waals surface area contributed by atoms with Crippen molar-refractivity contribution in [1.82, 2.24) is 0 Å². The first-order chi connectivity index (χ1) is 9.41. The van der Waals surface area contributed by atoms with Crippen molar-refractivity contribution in [2.45, 2.75) is 38.4 Å². The summed E-state index contributed by atoms with van der Waals surface area (Å²) in [6.45, 7) is 4.34. The number of ether oxygens (including phenoxy) is 3. The highest BCUT2D eigenvalue weighted by molar-refractivity contribution is 5.93. The topological polar surface area (TPSA) is 70.8 Å². The van der Waals surface area contributed by atoms with Crippen LogP contribution in [0.1, 0.15) is 37.0 Å². The highest BCUT2D eigenvalue weighted by Crippen LogP contribution is 2.30. The van der Waals surface area contributed by atoms with E-state index in [1.807, 2.05) is 13.8 Å². The number of rotatable bonds is 4. The largest absolute Gasteiger partial charge is 0.496 e. The molecule has 20 heavy (non-hydrogen) atoms. The Morgan fingerprint density at radius 2 is 2.25 bits per heavy atom. The average Bonchev–Trinajstić information content (AvgIpc) is 2.75. The van der Waals surface area contributed by atoms with Crippen molar-refractivity contribution in [2.75, 3.05) is 19.5 Å². The van der Waals surface area contributed by atoms with E-state index < -0.39 is 5.97 Å². The maximum Gasteiger partial charge on any atom is 0.342 e. The fourth-order valence-corrected chi connectivity index (χ4v) is 2.32. The number of anilines is 1. The summed E-state index contributed by atoms with van der Waals surface area (Å²) in [6.07, 6.45) is 1.84. The van der Waals surface area contributed by atoms with Gasteiger partial charge in [0, 0.05) is 11.8 Å². The van der Waals surface area contributed by atoms with Crippen molar-refractivity contribution in [2.24, 2.45) is 0 Å². The molecule has 0 radical (unpaired) electrons. The quantitative estimate of drug-likeness (QED) is 0.677. The second-order valence-corrected chi connectivity index (χ2v) is 5.60. The third-order valence-corrected chi connectivity index (χ3v) is 3.40. The number of benzene rings is 1. The molecule has 1 unspecified atom stereocenters. The van der Waals surface area contributed by atoms with E-state index in [1.54, 1.807) is 18.2 Å². The summed E-state index contributed by atoms with van der Waals surface area (Å²) in [6, 6.07) is 4.86. The van der Waals surface area contributed by atoms with Crippen LogP contribution in [-0.4, -0.2) is 31.4 Å².